The van der Waals surface area contributed by atoms with Gasteiger partial charge in [0, 0.05) is 49.1 Å². The van der Waals surface area contributed by atoms with Gasteiger partial charge in [0.1, 0.15) is 17.0 Å². The second-order valence-corrected chi connectivity index (χ2v) is 9.84. The predicted octanol–water partition coefficient (Wildman–Crippen LogP) is 3.30. The van der Waals surface area contributed by atoms with E-state index in [9.17, 15) is 4.79 Å². The van der Waals surface area contributed by atoms with Gasteiger partial charge in [0.15, 0.2) is 0 Å². The minimum atomic E-state index is 0. The molecule has 3 fully saturated rings. The summed E-state index contributed by atoms with van der Waals surface area (Å²) in [6.07, 6.45) is 7.13. The molecule has 29 heavy (non-hydrogen) atoms. The van der Waals surface area contributed by atoms with Crippen molar-refractivity contribution in [1.29, 1.82) is 0 Å². The van der Waals surface area contributed by atoms with Crippen LogP contribution < -0.4 is 10.2 Å². The number of anilines is 1. The van der Waals surface area contributed by atoms with Crippen LogP contribution in [0, 0.1) is 19.8 Å². The standard InChI is InChI=1S/C21H29N5OS.ClH/c1-13-14(2)28-20-18(13)19(22-12-23-20)25-8-5-15(6-9-25)21(27)26-10-7-16-3-4-17(11-26)24-16;/h12,15-17,24H,3-11H2,1-2H3;1H. The molecule has 0 spiro atoms. The van der Waals surface area contributed by atoms with E-state index in [0.29, 0.717) is 18.0 Å². The van der Waals surface area contributed by atoms with Gasteiger partial charge >= 0.3 is 0 Å². The van der Waals surface area contributed by atoms with Crippen LogP contribution in [0.1, 0.15) is 42.5 Å². The lowest BCUT2D eigenvalue weighted by Gasteiger charge is -2.35. The summed E-state index contributed by atoms with van der Waals surface area (Å²) in [7, 11) is 0. The number of rotatable bonds is 2. The van der Waals surface area contributed by atoms with Crippen molar-refractivity contribution >= 4 is 45.7 Å². The zero-order chi connectivity index (χ0) is 19.3. The number of amides is 1. The van der Waals surface area contributed by atoms with Crippen molar-refractivity contribution in [3.63, 3.8) is 0 Å². The molecule has 3 saturated heterocycles. The van der Waals surface area contributed by atoms with E-state index in [2.05, 4.69) is 38.9 Å². The fourth-order valence-electron chi connectivity index (χ4n) is 5.14. The molecule has 2 aromatic rings. The number of nitrogens with zero attached hydrogens (tertiary/aromatic N) is 4. The molecule has 2 atom stereocenters. The predicted molar refractivity (Wildman–Crippen MR) is 120 cm³/mol. The van der Waals surface area contributed by atoms with Crippen molar-refractivity contribution in [2.24, 2.45) is 5.92 Å². The molecule has 0 radical (unpaired) electrons. The van der Waals surface area contributed by atoms with Gasteiger partial charge < -0.3 is 15.1 Å². The average Bonchev–Trinajstić information content (AvgIpc) is 3.19. The van der Waals surface area contributed by atoms with Gasteiger partial charge in [-0.2, -0.15) is 0 Å². The normalized spacial score (nSPS) is 25.2. The van der Waals surface area contributed by atoms with Crippen LogP contribution in [-0.2, 0) is 4.79 Å². The lowest BCUT2D eigenvalue weighted by Crippen LogP contribution is -2.45. The number of hydrogen-bond donors (Lipinski definition) is 1. The summed E-state index contributed by atoms with van der Waals surface area (Å²) in [5.74, 6) is 1.59. The maximum absolute atomic E-state index is 13.2. The first-order chi connectivity index (χ1) is 13.6. The fourth-order valence-corrected chi connectivity index (χ4v) is 6.13. The summed E-state index contributed by atoms with van der Waals surface area (Å²) in [6.45, 7) is 7.93. The zero-order valence-electron chi connectivity index (χ0n) is 17.2. The van der Waals surface area contributed by atoms with Crippen LogP contribution in [0.25, 0.3) is 10.2 Å². The van der Waals surface area contributed by atoms with Crippen LogP contribution in [0.4, 0.5) is 5.82 Å². The highest BCUT2D eigenvalue weighted by Gasteiger charge is 2.35. The molecular formula is C21H30ClN5OS. The van der Waals surface area contributed by atoms with Crippen molar-refractivity contribution in [2.45, 2.75) is 58.0 Å². The largest absolute Gasteiger partial charge is 0.356 e. The number of nitrogens with one attached hydrogen (secondary N) is 1. The number of halogens is 1. The van der Waals surface area contributed by atoms with Gasteiger partial charge in [-0.05, 0) is 51.5 Å². The molecule has 3 aliphatic heterocycles. The highest BCUT2D eigenvalue weighted by Crippen LogP contribution is 2.36. The van der Waals surface area contributed by atoms with E-state index in [4.69, 9.17) is 0 Å². The SMILES string of the molecule is Cc1sc2ncnc(N3CCC(C(=O)N4CCC5CCC(C4)N5)CC3)c2c1C.Cl. The lowest BCUT2D eigenvalue weighted by molar-refractivity contribution is -0.136. The Kier molecular flexibility index (Phi) is 6.00. The number of aryl methyl sites for hydroxylation is 2. The van der Waals surface area contributed by atoms with Gasteiger partial charge in [-0.3, -0.25) is 4.79 Å². The Morgan fingerprint density at radius 1 is 1.07 bits per heavy atom. The number of carbonyl (C=O) groups excluding carboxylic acids is 1. The minimum Gasteiger partial charge on any atom is -0.356 e. The van der Waals surface area contributed by atoms with Crippen molar-refractivity contribution in [3.8, 4) is 0 Å². The summed E-state index contributed by atoms with van der Waals surface area (Å²) in [6, 6.07) is 1.14. The minimum absolute atomic E-state index is 0. The summed E-state index contributed by atoms with van der Waals surface area (Å²) >= 11 is 1.74. The van der Waals surface area contributed by atoms with Crippen molar-refractivity contribution < 1.29 is 4.79 Å². The molecule has 6 nitrogen and oxygen atoms in total. The molecule has 0 saturated carbocycles. The third-order valence-electron chi connectivity index (χ3n) is 6.92. The Balaban J connectivity index is 0.00000205. The Bertz CT molecular complexity index is 895. The van der Waals surface area contributed by atoms with E-state index in [1.54, 1.807) is 17.7 Å². The van der Waals surface area contributed by atoms with E-state index < -0.39 is 0 Å². The molecule has 2 bridgehead atoms. The van der Waals surface area contributed by atoms with E-state index in [1.165, 1.54) is 28.7 Å². The number of piperidine rings is 1. The number of hydrogen-bond acceptors (Lipinski definition) is 6. The van der Waals surface area contributed by atoms with E-state index in [1.807, 2.05) is 0 Å². The molecule has 0 aromatic carbocycles. The van der Waals surface area contributed by atoms with Crippen LogP contribution in [-0.4, -0.2) is 59.0 Å². The molecule has 1 N–H and O–H groups in total. The molecule has 2 aromatic heterocycles. The average molecular weight is 436 g/mol. The fraction of sp³-hybridized carbons (Fsp3) is 0.667. The Labute approximate surface area is 182 Å². The quantitative estimate of drug-likeness (QED) is 0.784. The number of likely N-dealkylation sites (tertiary alicyclic amines) is 1. The summed E-state index contributed by atoms with van der Waals surface area (Å²) < 4.78 is 0. The Morgan fingerprint density at radius 2 is 1.83 bits per heavy atom. The molecular weight excluding hydrogens is 406 g/mol. The molecule has 8 heteroatoms. The zero-order valence-corrected chi connectivity index (χ0v) is 18.8. The maximum atomic E-state index is 13.2. The van der Waals surface area contributed by atoms with Crippen LogP contribution in [0.15, 0.2) is 6.33 Å². The summed E-state index contributed by atoms with van der Waals surface area (Å²) in [5, 5.41) is 4.88. The summed E-state index contributed by atoms with van der Waals surface area (Å²) in [4.78, 5) is 29.1. The van der Waals surface area contributed by atoms with Gasteiger partial charge in [-0.1, -0.05) is 0 Å². The molecule has 5 rings (SSSR count). The van der Waals surface area contributed by atoms with Crippen LogP contribution in [0.2, 0.25) is 0 Å². The van der Waals surface area contributed by atoms with Crippen molar-refractivity contribution in [1.82, 2.24) is 20.2 Å². The number of aromatic nitrogens is 2. The van der Waals surface area contributed by atoms with Crippen LogP contribution >= 0.6 is 23.7 Å². The third kappa shape index (κ3) is 3.84. The van der Waals surface area contributed by atoms with E-state index in [0.717, 1.165) is 56.1 Å². The molecule has 2 unspecified atom stereocenters. The Hall–Kier alpha value is -1.44. The van der Waals surface area contributed by atoms with Crippen LogP contribution in [0.3, 0.4) is 0 Å². The van der Waals surface area contributed by atoms with Crippen molar-refractivity contribution in [2.75, 3.05) is 31.1 Å². The van der Waals surface area contributed by atoms with Gasteiger partial charge in [-0.25, -0.2) is 9.97 Å². The van der Waals surface area contributed by atoms with Gasteiger partial charge in [0.05, 0.1) is 5.39 Å². The van der Waals surface area contributed by atoms with E-state index >= 15 is 0 Å². The number of thiophene rings is 1. The van der Waals surface area contributed by atoms with E-state index in [-0.39, 0.29) is 18.3 Å². The smallest absolute Gasteiger partial charge is 0.225 e. The number of carbonyl (C=O) groups is 1. The first-order valence-corrected chi connectivity index (χ1v) is 11.4. The Morgan fingerprint density at radius 3 is 2.62 bits per heavy atom. The lowest BCUT2D eigenvalue weighted by atomic mass is 9.94. The molecule has 158 valence electrons. The second-order valence-electron chi connectivity index (χ2n) is 8.63. The second kappa shape index (κ2) is 8.36. The van der Waals surface area contributed by atoms with Gasteiger partial charge in [0.2, 0.25) is 5.91 Å². The van der Waals surface area contributed by atoms with Crippen molar-refractivity contribution in [3.05, 3.63) is 16.8 Å². The highest BCUT2D eigenvalue weighted by molar-refractivity contribution is 7.18. The summed E-state index contributed by atoms with van der Waals surface area (Å²) in [5.41, 5.74) is 1.29. The molecule has 1 amide bonds. The first-order valence-electron chi connectivity index (χ1n) is 10.6. The maximum Gasteiger partial charge on any atom is 0.225 e. The highest BCUT2D eigenvalue weighted by atomic mass is 35.5. The van der Waals surface area contributed by atoms with Gasteiger partial charge in [0.25, 0.3) is 0 Å². The van der Waals surface area contributed by atoms with Gasteiger partial charge in [-0.15, -0.1) is 23.7 Å². The monoisotopic (exact) mass is 435 g/mol. The number of fused-ring (bicyclic) bond motifs is 3. The topological polar surface area (TPSA) is 61.4 Å². The van der Waals surface area contributed by atoms with Crippen LogP contribution in [0.5, 0.6) is 0 Å². The molecule has 0 aliphatic carbocycles. The molecule has 3 aliphatic rings. The third-order valence-corrected chi connectivity index (χ3v) is 8.04. The first kappa shape index (κ1) is 20.8. The molecule has 5 heterocycles.